The van der Waals surface area contributed by atoms with Crippen molar-refractivity contribution in [2.24, 2.45) is 0 Å². The first-order valence-corrected chi connectivity index (χ1v) is 11.6. The number of carbonyl (C=O) groups excluding carboxylic acids is 2. The highest BCUT2D eigenvalue weighted by atomic mass is 16.6. The van der Waals surface area contributed by atoms with E-state index >= 15 is 0 Å². The van der Waals surface area contributed by atoms with Crippen LogP contribution < -0.4 is 9.80 Å². The largest absolute Gasteiger partial charge is 0.304 e. The Hall–Kier alpha value is -5.38. The Morgan fingerprint density at radius 2 is 0.895 bits per heavy atom. The Labute approximate surface area is 216 Å². The number of nitrogens with zero attached hydrogens (tertiary/aromatic N) is 4. The van der Waals surface area contributed by atoms with Gasteiger partial charge in [0.05, 0.1) is 45.2 Å². The number of anilines is 2. The number of para-hydroxylation sites is 2. The van der Waals surface area contributed by atoms with Crippen LogP contribution in [0.3, 0.4) is 0 Å². The summed E-state index contributed by atoms with van der Waals surface area (Å²) in [5.74, 6) is -0.380. The smallest absolute Gasteiger partial charge is 0.275 e. The highest BCUT2D eigenvalue weighted by molar-refractivity contribution is 6.11. The molecule has 2 heterocycles. The first-order chi connectivity index (χ1) is 18.4. The summed E-state index contributed by atoms with van der Waals surface area (Å²) in [7, 11) is 0. The topological polar surface area (TPSA) is 127 Å². The van der Waals surface area contributed by atoms with Crippen LogP contribution in [0.5, 0.6) is 0 Å². The Morgan fingerprint density at radius 3 is 1.24 bits per heavy atom. The SMILES string of the molecule is O=C1c2cccc([N+](=O)[O-])c2CN1c1ccccc1.O=C1c2cccc([N+](=O)[O-])c2CN1c1ccccc1. The molecule has 10 heteroatoms. The fourth-order valence-electron chi connectivity index (χ4n) is 4.61. The second-order valence-electron chi connectivity index (χ2n) is 8.57. The molecule has 4 aromatic carbocycles. The maximum Gasteiger partial charge on any atom is 0.275 e. The number of amides is 2. The molecule has 4 aromatic rings. The van der Waals surface area contributed by atoms with E-state index in [0.29, 0.717) is 22.3 Å². The first kappa shape index (κ1) is 24.3. The van der Waals surface area contributed by atoms with Gasteiger partial charge in [-0.1, -0.05) is 48.5 Å². The van der Waals surface area contributed by atoms with Gasteiger partial charge in [0, 0.05) is 23.5 Å². The fraction of sp³-hybridized carbons (Fsp3) is 0.0714. The lowest BCUT2D eigenvalue weighted by Crippen LogP contribution is -2.22. The summed E-state index contributed by atoms with van der Waals surface area (Å²) in [4.78, 5) is 48.7. The summed E-state index contributed by atoms with van der Waals surface area (Å²) in [5, 5.41) is 22.0. The van der Waals surface area contributed by atoms with E-state index in [1.165, 1.54) is 12.1 Å². The second-order valence-corrected chi connectivity index (χ2v) is 8.57. The molecule has 6 rings (SSSR count). The van der Waals surface area contributed by atoms with Gasteiger partial charge in [0.25, 0.3) is 23.2 Å². The molecule has 0 saturated carbocycles. The van der Waals surface area contributed by atoms with E-state index in [9.17, 15) is 29.8 Å². The molecule has 38 heavy (non-hydrogen) atoms. The van der Waals surface area contributed by atoms with Crippen molar-refractivity contribution in [2.45, 2.75) is 13.1 Å². The zero-order chi connectivity index (χ0) is 26.8. The van der Waals surface area contributed by atoms with Gasteiger partial charge < -0.3 is 9.80 Å². The van der Waals surface area contributed by atoms with E-state index in [0.717, 1.165) is 11.4 Å². The van der Waals surface area contributed by atoms with Crippen molar-refractivity contribution in [1.29, 1.82) is 0 Å². The molecule has 0 bridgehead atoms. The molecule has 0 spiro atoms. The van der Waals surface area contributed by atoms with E-state index in [1.807, 2.05) is 60.7 Å². The molecule has 0 radical (unpaired) electrons. The number of rotatable bonds is 4. The minimum absolute atomic E-state index is 0.00396. The van der Waals surface area contributed by atoms with Gasteiger partial charge >= 0.3 is 0 Å². The molecule has 0 aliphatic carbocycles. The quantitative estimate of drug-likeness (QED) is 0.264. The van der Waals surface area contributed by atoms with Crippen LogP contribution >= 0.6 is 0 Å². The van der Waals surface area contributed by atoms with Crippen molar-refractivity contribution in [1.82, 2.24) is 0 Å². The summed E-state index contributed by atoms with van der Waals surface area (Å²) >= 11 is 0. The number of carbonyl (C=O) groups is 2. The predicted octanol–water partition coefficient (Wildman–Crippen LogP) is 5.51. The number of nitro benzene ring substituents is 2. The fourth-order valence-corrected chi connectivity index (χ4v) is 4.61. The number of fused-ring (bicyclic) bond motifs is 2. The van der Waals surface area contributed by atoms with Crippen LogP contribution in [-0.2, 0) is 13.1 Å². The molecular weight excluding hydrogens is 488 g/mol. The zero-order valence-electron chi connectivity index (χ0n) is 19.9. The summed E-state index contributed by atoms with van der Waals surface area (Å²) < 4.78 is 0. The van der Waals surface area contributed by atoms with Crippen LogP contribution in [0.1, 0.15) is 31.8 Å². The molecule has 2 aliphatic rings. The van der Waals surface area contributed by atoms with E-state index in [1.54, 1.807) is 34.1 Å². The standard InChI is InChI=1S/2C14H10N2O3/c2*17-14-11-7-4-8-13(16(18)19)12(11)9-15(14)10-5-2-1-3-6-10/h2*1-8H,9H2. The van der Waals surface area contributed by atoms with Crippen molar-refractivity contribution in [3.05, 3.63) is 140 Å². The molecular formula is C28H20N4O6. The van der Waals surface area contributed by atoms with E-state index in [4.69, 9.17) is 0 Å². The minimum atomic E-state index is -0.444. The van der Waals surface area contributed by atoms with Crippen LogP contribution in [0.2, 0.25) is 0 Å². The Balaban J connectivity index is 0.000000155. The lowest BCUT2D eigenvalue weighted by atomic mass is 10.1. The summed E-state index contributed by atoms with van der Waals surface area (Å²) in [6, 6.07) is 27.5. The normalized spacial score (nSPS) is 13.5. The number of hydrogen-bond donors (Lipinski definition) is 0. The van der Waals surface area contributed by atoms with Crippen LogP contribution in [0.4, 0.5) is 22.7 Å². The van der Waals surface area contributed by atoms with Gasteiger partial charge in [0.1, 0.15) is 0 Å². The van der Waals surface area contributed by atoms with Gasteiger partial charge in [-0.2, -0.15) is 0 Å². The molecule has 2 amide bonds. The average Bonchev–Trinajstić information content (AvgIpc) is 3.46. The Kier molecular flexibility index (Phi) is 6.36. The Bertz CT molecular complexity index is 1450. The van der Waals surface area contributed by atoms with Crippen LogP contribution in [-0.4, -0.2) is 21.7 Å². The molecule has 0 atom stereocenters. The average molecular weight is 508 g/mol. The van der Waals surface area contributed by atoms with Gasteiger partial charge in [-0.3, -0.25) is 29.8 Å². The molecule has 188 valence electrons. The molecule has 0 saturated heterocycles. The molecule has 10 nitrogen and oxygen atoms in total. The monoisotopic (exact) mass is 508 g/mol. The van der Waals surface area contributed by atoms with Gasteiger partial charge in [-0.25, -0.2) is 0 Å². The lowest BCUT2D eigenvalue weighted by molar-refractivity contribution is -0.385. The third kappa shape index (κ3) is 4.35. The molecule has 2 aliphatic heterocycles. The molecule has 0 N–H and O–H groups in total. The number of hydrogen-bond acceptors (Lipinski definition) is 6. The third-order valence-corrected chi connectivity index (χ3v) is 6.42. The second kappa shape index (κ2) is 9.94. The summed E-state index contributed by atoms with van der Waals surface area (Å²) in [6.07, 6.45) is 0. The van der Waals surface area contributed by atoms with Crippen molar-refractivity contribution >= 4 is 34.6 Å². The maximum absolute atomic E-state index is 12.3. The predicted molar refractivity (Wildman–Crippen MR) is 140 cm³/mol. The molecule has 0 aromatic heterocycles. The minimum Gasteiger partial charge on any atom is -0.304 e. The van der Waals surface area contributed by atoms with Gasteiger partial charge in [-0.15, -0.1) is 0 Å². The van der Waals surface area contributed by atoms with Crippen molar-refractivity contribution < 1.29 is 19.4 Å². The van der Waals surface area contributed by atoms with E-state index in [2.05, 4.69) is 0 Å². The van der Waals surface area contributed by atoms with Gasteiger partial charge in [-0.05, 0) is 36.4 Å². The van der Waals surface area contributed by atoms with Crippen LogP contribution in [0.25, 0.3) is 0 Å². The van der Waals surface area contributed by atoms with E-state index in [-0.39, 0.29) is 36.3 Å². The van der Waals surface area contributed by atoms with Gasteiger partial charge in [0.2, 0.25) is 0 Å². The maximum atomic E-state index is 12.3. The lowest BCUT2D eigenvalue weighted by Gasteiger charge is -2.14. The molecule has 0 fully saturated rings. The summed E-state index contributed by atoms with van der Waals surface area (Å²) in [5.41, 5.74) is 3.31. The zero-order valence-corrected chi connectivity index (χ0v) is 19.9. The highest BCUT2D eigenvalue weighted by Crippen LogP contribution is 2.34. The van der Waals surface area contributed by atoms with Crippen molar-refractivity contribution in [3.8, 4) is 0 Å². The van der Waals surface area contributed by atoms with Crippen LogP contribution in [0, 0.1) is 20.2 Å². The number of benzene rings is 4. The summed E-state index contributed by atoms with van der Waals surface area (Å²) in [6.45, 7) is 0.491. The third-order valence-electron chi connectivity index (χ3n) is 6.42. The van der Waals surface area contributed by atoms with E-state index < -0.39 is 9.85 Å². The Morgan fingerprint density at radius 1 is 0.526 bits per heavy atom. The van der Waals surface area contributed by atoms with Gasteiger partial charge in [0.15, 0.2) is 0 Å². The molecule has 0 unspecified atom stereocenters. The van der Waals surface area contributed by atoms with Crippen LogP contribution in [0.15, 0.2) is 97.1 Å². The first-order valence-electron chi connectivity index (χ1n) is 11.6. The highest BCUT2D eigenvalue weighted by Gasteiger charge is 2.34. The van der Waals surface area contributed by atoms with Crippen molar-refractivity contribution in [3.63, 3.8) is 0 Å². The number of nitro groups is 2. The van der Waals surface area contributed by atoms with Crippen molar-refractivity contribution in [2.75, 3.05) is 9.80 Å².